The third-order valence-electron chi connectivity index (χ3n) is 4.81. The molecule has 152 valence electrons. The molecule has 10 heteroatoms. The van der Waals surface area contributed by atoms with Crippen molar-refractivity contribution in [2.45, 2.75) is 25.7 Å². The lowest BCUT2D eigenvalue weighted by Gasteiger charge is -2.32. The molecule has 1 unspecified atom stereocenters. The summed E-state index contributed by atoms with van der Waals surface area (Å²) in [5.41, 5.74) is 1.20. The molecule has 1 amide bonds. The van der Waals surface area contributed by atoms with E-state index in [1.165, 1.54) is 17.0 Å². The summed E-state index contributed by atoms with van der Waals surface area (Å²) >= 11 is 0. The van der Waals surface area contributed by atoms with Crippen LogP contribution >= 0.6 is 0 Å². The monoisotopic (exact) mass is 405 g/mol. The number of ether oxygens (including phenoxy) is 1. The molecule has 0 radical (unpaired) electrons. The Morgan fingerprint density at radius 2 is 1.97 bits per heavy atom. The molecule has 4 rings (SSSR count). The van der Waals surface area contributed by atoms with Crippen LogP contribution in [0.2, 0.25) is 0 Å². The van der Waals surface area contributed by atoms with E-state index in [0.29, 0.717) is 41.6 Å². The highest BCUT2D eigenvalue weighted by Crippen LogP contribution is 2.34. The van der Waals surface area contributed by atoms with E-state index in [2.05, 4.69) is 15.1 Å². The molecule has 29 heavy (non-hydrogen) atoms. The van der Waals surface area contributed by atoms with E-state index in [1.54, 1.807) is 24.2 Å². The number of hydrogen-bond donors (Lipinski definition) is 1. The second-order valence-electron chi connectivity index (χ2n) is 6.84. The van der Waals surface area contributed by atoms with E-state index in [-0.39, 0.29) is 11.9 Å². The van der Waals surface area contributed by atoms with Crippen molar-refractivity contribution in [3.05, 3.63) is 53.7 Å². The van der Waals surface area contributed by atoms with Crippen molar-refractivity contribution >= 4 is 11.6 Å². The summed E-state index contributed by atoms with van der Waals surface area (Å²) in [6.45, 7) is 2.49. The number of alkyl halides is 3. The number of aromatic nitrogens is 4. The molecule has 0 spiro atoms. The minimum Gasteiger partial charge on any atom is -0.377 e. The fraction of sp³-hybridized carbons (Fsp3) is 0.316. The minimum atomic E-state index is -4.43. The Kier molecular flexibility index (Phi) is 4.65. The van der Waals surface area contributed by atoms with Gasteiger partial charge in [-0.25, -0.2) is 4.98 Å². The zero-order valence-corrected chi connectivity index (χ0v) is 15.7. The number of nitrogens with zero attached hydrogens (tertiary/aromatic N) is 4. The number of aromatic amines is 1. The van der Waals surface area contributed by atoms with Gasteiger partial charge in [0.05, 0.1) is 35.3 Å². The van der Waals surface area contributed by atoms with Crippen LogP contribution in [0.25, 0.3) is 11.3 Å². The fourth-order valence-corrected chi connectivity index (χ4v) is 3.42. The molecule has 0 fully saturated rings. The smallest absolute Gasteiger partial charge is 0.377 e. The topological polar surface area (TPSA) is 76.0 Å². The first-order valence-electron chi connectivity index (χ1n) is 8.89. The van der Waals surface area contributed by atoms with Gasteiger partial charge in [0.1, 0.15) is 18.1 Å². The predicted octanol–water partition coefficient (Wildman–Crippen LogP) is 3.66. The van der Waals surface area contributed by atoms with Crippen molar-refractivity contribution < 1.29 is 22.7 Å². The number of rotatable bonds is 4. The third kappa shape index (κ3) is 3.39. The lowest BCUT2D eigenvalue weighted by atomic mass is 10.1. The highest BCUT2D eigenvalue weighted by atomic mass is 19.4. The SMILES string of the molecule is COCc1ncc(-c2cnn3c2C(=O)N(c2ccc(C(F)(F)F)cc2)CC3C)[nH]1. The van der Waals surface area contributed by atoms with E-state index in [4.69, 9.17) is 4.74 Å². The quantitative estimate of drug-likeness (QED) is 0.719. The Morgan fingerprint density at radius 3 is 2.62 bits per heavy atom. The van der Waals surface area contributed by atoms with Crippen molar-refractivity contribution in [3.8, 4) is 11.3 Å². The molecule has 3 heterocycles. The van der Waals surface area contributed by atoms with Crippen LogP contribution in [-0.2, 0) is 17.5 Å². The number of carbonyl (C=O) groups excluding carboxylic acids is 1. The molecule has 0 saturated heterocycles. The van der Waals surface area contributed by atoms with Gasteiger partial charge in [-0.05, 0) is 31.2 Å². The molecule has 1 N–H and O–H groups in total. The highest BCUT2D eigenvalue weighted by Gasteiger charge is 2.35. The van der Waals surface area contributed by atoms with Gasteiger partial charge in [0.2, 0.25) is 0 Å². The normalized spacial score (nSPS) is 16.9. The molecule has 2 aromatic heterocycles. The van der Waals surface area contributed by atoms with E-state index >= 15 is 0 Å². The average Bonchev–Trinajstić information content (AvgIpc) is 3.31. The predicted molar refractivity (Wildman–Crippen MR) is 98.4 cm³/mol. The molecule has 1 atom stereocenters. The van der Waals surface area contributed by atoms with Crippen LogP contribution < -0.4 is 4.90 Å². The average molecular weight is 405 g/mol. The Labute approximate surface area is 164 Å². The van der Waals surface area contributed by atoms with E-state index in [9.17, 15) is 18.0 Å². The van der Waals surface area contributed by atoms with Crippen LogP contribution in [0.4, 0.5) is 18.9 Å². The molecule has 3 aromatic rings. The summed E-state index contributed by atoms with van der Waals surface area (Å²) in [5, 5.41) is 4.34. The van der Waals surface area contributed by atoms with E-state index in [1.807, 2.05) is 6.92 Å². The van der Waals surface area contributed by atoms with Gasteiger partial charge in [-0.1, -0.05) is 0 Å². The van der Waals surface area contributed by atoms with Gasteiger partial charge in [0.25, 0.3) is 5.91 Å². The lowest BCUT2D eigenvalue weighted by Crippen LogP contribution is -2.42. The summed E-state index contributed by atoms with van der Waals surface area (Å²) in [7, 11) is 1.55. The number of H-pyrrole nitrogens is 1. The zero-order chi connectivity index (χ0) is 20.8. The standard InChI is InChI=1S/C19H18F3N5O2/c1-11-9-26(13-5-3-12(4-6-13)19(20,21)22)18(28)17-14(7-24-27(11)17)15-8-23-16(25-15)10-29-2/h3-8,11H,9-10H2,1-2H3,(H,23,25). The molecule has 0 aliphatic carbocycles. The summed E-state index contributed by atoms with van der Waals surface area (Å²) < 4.78 is 45.2. The summed E-state index contributed by atoms with van der Waals surface area (Å²) in [6, 6.07) is 4.43. The number of anilines is 1. The van der Waals surface area contributed by atoms with Gasteiger partial charge in [-0.15, -0.1) is 0 Å². The second kappa shape index (κ2) is 7.03. The molecule has 1 aliphatic heterocycles. The summed E-state index contributed by atoms with van der Waals surface area (Å²) in [6.07, 6.45) is -1.24. The maximum Gasteiger partial charge on any atom is 0.416 e. The van der Waals surface area contributed by atoms with Crippen molar-refractivity contribution in [2.24, 2.45) is 0 Å². The number of amides is 1. The van der Waals surface area contributed by atoms with E-state index in [0.717, 1.165) is 12.1 Å². The van der Waals surface area contributed by atoms with Gasteiger partial charge in [0, 0.05) is 19.3 Å². The number of hydrogen-bond acceptors (Lipinski definition) is 4. The zero-order valence-electron chi connectivity index (χ0n) is 15.7. The van der Waals surface area contributed by atoms with Gasteiger partial charge < -0.3 is 14.6 Å². The number of imidazole rings is 1. The van der Waals surface area contributed by atoms with Gasteiger partial charge in [-0.3, -0.25) is 9.48 Å². The molecular weight excluding hydrogens is 387 g/mol. The van der Waals surface area contributed by atoms with Crippen molar-refractivity contribution in [1.29, 1.82) is 0 Å². The van der Waals surface area contributed by atoms with Crippen molar-refractivity contribution in [2.75, 3.05) is 18.6 Å². The lowest BCUT2D eigenvalue weighted by molar-refractivity contribution is -0.137. The van der Waals surface area contributed by atoms with Crippen molar-refractivity contribution in [3.63, 3.8) is 0 Å². The number of fused-ring (bicyclic) bond motifs is 1. The van der Waals surface area contributed by atoms with Crippen LogP contribution in [0, 0.1) is 0 Å². The Bertz CT molecular complexity index is 1040. The number of halogens is 3. The first-order valence-corrected chi connectivity index (χ1v) is 8.89. The number of nitrogens with one attached hydrogen (secondary N) is 1. The highest BCUT2D eigenvalue weighted by molar-refractivity contribution is 6.09. The maximum atomic E-state index is 13.2. The first kappa shape index (κ1) is 19.2. The minimum absolute atomic E-state index is 0.153. The summed E-state index contributed by atoms with van der Waals surface area (Å²) in [5.74, 6) is 0.275. The van der Waals surface area contributed by atoms with Crippen LogP contribution in [0.15, 0.2) is 36.7 Å². The third-order valence-corrected chi connectivity index (χ3v) is 4.81. The Morgan fingerprint density at radius 1 is 1.24 bits per heavy atom. The fourth-order valence-electron chi connectivity index (χ4n) is 3.42. The molecular formula is C19H18F3N5O2. The molecule has 1 aromatic carbocycles. The van der Waals surface area contributed by atoms with Gasteiger partial charge in [0.15, 0.2) is 0 Å². The van der Waals surface area contributed by atoms with Crippen LogP contribution in [-0.4, -0.2) is 39.3 Å². The first-order chi connectivity index (χ1) is 13.8. The number of carbonyl (C=O) groups is 1. The van der Waals surface area contributed by atoms with Crippen LogP contribution in [0.1, 0.15) is 34.8 Å². The molecule has 0 bridgehead atoms. The van der Waals surface area contributed by atoms with Gasteiger partial charge in [-0.2, -0.15) is 18.3 Å². The maximum absolute atomic E-state index is 13.2. The Hall–Kier alpha value is -3.14. The largest absolute Gasteiger partial charge is 0.416 e. The van der Waals surface area contributed by atoms with Gasteiger partial charge >= 0.3 is 6.18 Å². The van der Waals surface area contributed by atoms with E-state index < -0.39 is 11.7 Å². The van der Waals surface area contributed by atoms with Crippen LogP contribution in [0.5, 0.6) is 0 Å². The Balaban J connectivity index is 1.70. The number of benzene rings is 1. The molecule has 7 nitrogen and oxygen atoms in total. The molecule has 0 saturated carbocycles. The van der Waals surface area contributed by atoms with Crippen molar-refractivity contribution in [1.82, 2.24) is 19.7 Å². The second-order valence-corrected chi connectivity index (χ2v) is 6.84. The summed E-state index contributed by atoms with van der Waals surface area (Å²) in [4.78, 5) is 22.0. The molecule has 1 aliphatic rings. The number of methoxy groups -OCH3 is 1. The van der Waals surface area contributed by atoms with Crippen LogP contribution in [0.3, 0.4) is 0 Å².